The van der Waals surface area contributed by atoms with Crippen molar-refractivity contribution in [3.63, 3.8) is 0 Å². The minimum absolute atomic E-state index is 0.251. The molecule has 1 N–H and O–H groups in total. The summed E-state index contributed by atoms with van der Waals surface area (Å²) >= 11 is 3.46. The molecule has 0 unspecified atom stereocenters. The van der Waals surface area contributed by atoms with Crippen LogP contribution < -0.4 is 5.32 Å². The number of halogens is 2. The average molecular weight is 324 g/mol. The largest absolute Gasteiger partial charge is 0.353 e. The van der Waals surface area contributed by atoms with E-state index in [0.29, 0.717) is 6.04 Å². The van der Waals surface area contributed by atoms with E-state index < -0.39 is 0 Å². The van der Waals surface area contributed by atoms with Crippen molar-refractivity contribution in [2.75, 3.05) is 5.32 Å². The van der Waals surface area contributed by atoms with Crippen molar-refractivity contribution in [3.05, 3.63) is 40.9 Å². The Balaban J connectivity index is 1.92. The maximum atomic E-state index is 13.4. The fourth-order valence-electron chi connectivity index (χ4n) is 2.53. The summed E-state index contributed by atoms with van der Waals surface area (Å²) < 4.78 is 16.1. The normalized spacial score (nSPS) is 15.9. The van der Waals surface area contributed by atoms with E-state index in [-0.39, 0.29) is 5.82 Å². The maximum Gasteiger partial charge on any atom is 0.207 e. The van der Waals surface area contributed by atoms with Gasteiger partial charge in [-0.1, -0.05) is 12.8 Å². The highest BCUT2D eigenvalue weighted by Gasteiger charge is 2.17. The highest BCUT2D eigenvalue weighted by Crippen LogP contribution is 2.27. The summed E-state index contributed by atoms with van der Waals surface area (Å²) in [4.78, 5) is 4.34. The van der Waals surface area contributed by atoms with Crippen LogP contribution in [0.2, 0.25) is 0 Å². The topological polar surface area (TPSA) is 29.9 Å². The van der Waals surface area contributed by atoms with Crippen LogP contribution in [0.3, 0.4) is 0 Å². The van der Waals surface area contributed by atoms with Gasteiger partial charge in [0.1, 0.15) is 5.82 Å². The standard InChI is InChI=1S/C14H15BrFN3/c15-12-6-5-10(16)9-13(12)19-8-7-17-14(19)18-11-3-1-2-4-11/h5-9,11H,1-4H2,(H,17,18). The monoisotopic (exact) mass is 323 g/mol. The minimum atomic E-state index is -0.251. The lowest BCUT2D eigenvalue weighted by molar-refractivity contribution is 0.626. The molecule has 1 aromatic heterocycles. The van der Waals surface area contributed by atoms with Gasteiger partial charge in [0.05, 0.1) is 5.69 Å². The number of hydrogen-bond acceptors (Lipinski definition) is 2. The summed E-state index contributed by atoms with van der Waals surface area (Å²) in [6, 6.07) is 5.14. The molecule has 1 aliphatic carbocycles. The number of anilines is 1. The number of hydrogen-bond donors (Lipinski definition) is 1. The Morgan fingerprint density at radius 2 is 2.11 bits per heavy atom. The van der Waals surface area contributed by atoms with Gasteiger partial charge in [-0.2, -0.15) is 0 Å². The van der Waals surface area contributed by atoms with Crippen molar-refractivity contribution in [2.24, 2.45) is 0 Å². The molecular formula is C14H15BrFN3. The van der Waals surface area contributed by atoms with Crippen LogP contribution in [0.5, 0.6) is 0 Å². The Labute approximate surface area is 120 Å². The van der Waals surface area contributed by atoms with Gasteiger partial charge in [0.15, 0.2) is 0 Å². The van der Waals surface area contributed by atoms with Gasteiger partial charge in [-0.15, -0.1) is 0 Å². The summed E-state index contributed by atoms with van der Waals surface area (Å²) in [7, 11) is 0. The van der Waals surface area contributed by atoms with Crippen molar-refractivity contribution < 1.29 is 4.39 Å². The Morgan fingerprint density at radius 3 is 2.89 bits per heavy atom. The van der Waals surface area contributed by atoms with Gasteiger partial charge >= 0.3 is 0 Å². The first-order chi connectivity index (χ1) is 9.24. The van der Waals surface area contributed by atoms with Crippen LogP contribution in [0.1, 0.15) is 25.7 Å². The first-order valence-corrected chi connectivity index (χ1v) is 7.28. The molecule has 0 amide bonds. The fourth-order valence-corrected chi connectivity index (χ4v) is 2.97. The zero-order valence-electron chi connectivity index (χ0n) is 10.4. The quantitative estimate of drug-likeness (QED) is 0.920. The molecule has 3 rings (SSSR count). The van der Waals surface area contributed by atoms with E-state index in [1.54, 1.807) is 12.3 Å². The van der Waals surface area contributed by atoms with Crippen molar-refractivity contribution in [1.82, 2.24) is 9.55 Å². The molecule has 1 fully saturated rings. The summed E-state index contributed by atoms with van der Waals surface area (Å²) in [6.07, 6.45) is 8.46. The van der Waals surface area contributed by atoms with Gasteiger partial charge in [-0.25, -0.2) is 9.37 Å². The molecule has 2 aromatic rings. The molecule has 1 aromatic carbocycles. The molecule has 5 heteroatoms. The van der Waals surface area contributed by atoms with E-state index in [2.05, 4.69) is 26.2 Å². The molecule has 0 spiro atoms. The first-order valence-electron chi connectivity index (χ1n) is 6.49. The zero-order chi connectivity index (χ0) is 13.2. The van der Waals surface area contributed by atoms with Gasteiger partial charge < -0.3 is 5.32 Å². The fraction of sp³-hybridized carbons (Fsp3) is 0.357. The first kappa shape index (κ1) is 12.7. The van der Waals surface area contributed by atoms with Gasteiger partial charge in [-0.05, 0) is 47.0 Å². The molecule has 19 heavy (non-hydrogen) atoms. The van der Waals surface area contributed by atoms with Crippen LogP contribution in [0.4, 0.5) is 10.3 Å². The number of nitrogens with zero attached hydrogens (tertiary/aromatic N) is 2. The second kappa shape index (κ2) is 5.33. The van der Waals surface area contributed by atoms with E-state index in [1.807, 2.05) is 10.8 Å². The summed E-state index contributed by atoms with van der Waals surface area (Å²) in [5.74, 6) is 0.525. The Hall–Kier alpha value is -1.36. The molecule has 1 heterocycles. The third kappa shape index (κ3) is 2.66. The van der Waals surface area contributed by atoms with E-state index in [1.165, 1.54) is 37.8 Å². The maximum absolute atomic E-state index is 13.4. The second-order valence-corrected chi connectivity index (χ2v) is 5.70. The molecule has 0 atom stereocenters. The third-order valence-corrected chi connectivity index (χ3v) is 4.17. The van der Waals surface area contributed by atoms with Crippen LogP contribution in [-0.2, 0) is 0 Å². The van der Waals surface area contributed by atoms with Gasteiger partial charge in [0.25, 0.3) is 0 Å². The smallest absolute Gasteiger partial charge is 0.207 e. The predicted octanol–water partition coefficient (Wildman–Crippen LogP) is 4.13. The van der Waals surface area contributed by atoms with E-state index in [0.717, 1.165) is 16.1 Å². The number of benzene rings is 1. The van der Waals surface area contributed by atoms with Crippen LogP contribution in [0.15, 0.2) is 35.1 Å². The highest BCUT2D eigenvalue weighted by molar-refractivity contribution is 9.10. The van der Waals surface area contributed by atoms with Crippen LogP contribution in [0.25, 0.3) is 5.69 Å². The Bertz CT molecular complexity index is 576. The summed E-state index contributed by atoms with van der Waals surface area (Å²) in [5.41, 5.74) is 0.762. The van der Waals surface area contributed by atoms with Crippen molar-refractivity contribution in [2.45, 2.75) is 31.7 Å². The Morgan fingerprint density at radius 1 is 1.32 bits per heavy atom. The van der Waals surface area contributed by atoms with Crippen molar-refractivity contribution in [3.8, 4) is 5.69 Å². The second-order valence-electron chi connectivity index (χ2n) is 4.84. The average Bonchev–Trinajstić information content (AvgIpc) is 3.04. The number of imidazole rings is 1. The Kier molecular flexibility index (Phi) is 3.55. The molecule has 100 valence electrons. The molecule has 1 saturated carbocycles. The molecule has 3 nitrogen and oxygen atoms in total. The van der Waals surface area contributed by atoms with E-state index >= 15 is 0 Å². The van der Waals surface area contributed by atoms with Gasteiger partial charge in [0, 0.05) is 22.9 Å². The number of nitrogens with one attached hydrogen (secondary N) is 1. The van der Waals surface area contributed by atoms with E-state index in [9.17, 15) is 4.39 Å². The lowest BCUT2D eigenvalue weighted by Gasteiger charge is -2.15. The number of rotatable bonds is 3. The zero-order valence-corrected chi connectivity index (χ0v) is 12.0. The van der Waals surface area contributed by atoms with Crippen molar-refractivity contribution >= 4 is 21.9 Å². The number of aromatic nitrogens is 2. The molecule has 0 saturated heterocycles. The summed E-state index contributed by atoms with van der Waals surface area (Å²) in [6.45, 7) is 0. The third-order valence-electron chi connectivity index (χ3n) is 3.50. The van der Waals surface area contributed by atoms with Gasteiger partial charge in [-0.3, -0.25) is 4.57 Å². The van der Waals surface area contributed by atoms with Gasteiger partial charge in [0.2, 0.25) is 5.95 Å². The van der Waals surface area contributed by atoms with Crippen LogP contribution >= 0.6 is 15.9 Å². The molecule has 0 aliphatic heterocycles. The van der Waals surface area contributed by atoms with E-state index in [4.69, 9.17) is 0 Å². The highest BCUT2D eigenvalue weighted by atomic mass is 79.9. The SMILES string of the molecule is Fc1ccc(Br)c(-n2ccnc2NC2CCCC2)c1. The molecular weight excluding hydrogens is 309 g/mol. The summed E-state index contributed by atoms with van der Waals surface area (Å²) in [5, 5.41) is 3.44. The molecule has 0 radical (unpaired) electrons. The predicted molar refractivity (Wildman–Crippen MR) is 77.1 cm³/mol. The lowest BCUT2D eigenvalue weighted by Crippen LogP contribution is -2.17. The van der Waals surface area contributed by atoms with Crippen molar-refractivity contribution in [1.29, 1.82) is 0 Å². The van der Waals surface area contributed by atoms with Crippen LogP contribution in [-0.4, -0.2) is 15.6 Å². The molecule has 0 bridgehead atoms. The molecule has 1 aliphatic rings. The van der Waals surface area contributed by atoms with Crippen LogP contribution in [0, 0.1) is 5.82 Å². The minimum Gasteiger partial charge on any atom is -0.353 e. The lowest BCUT2D eigenvalue weighted by atomic mass is 10.2.